The van der Waals surface area contributed by atoms with Crippen molar-refractivity contribution in [2.75, 3.05) is 0 Å². The van der Waals surface area contributed by atoms with Gasteiger partial charge >= 0.3 is 79.9 Å². The van der Waals surface area contributed by atoms with E-state index in [0.29, 0.717) is 0 Å². The second kappa shape index (κ2) is 5.14. The van der Waals surface area contributed by atoms with Crippen LogP contribution in [0.5, 0.6) is 0 Å². The Balaban J connectivity index is 4.48. The Morgan fingerprint density at radius 2 is 1.38 bits per heavy atom. The predicted octanol–water partition coefficient (Wildman–Crippen LogP) is 0.885. The molecule has 9 heteroatoms. The quantitative estimate of drug-likeness (QED) is 0.380. The van der Waals surface area contributed by atoms with Gasteiger partial charge in [0.05, 0.1) is 0 Å². The third-order valence-electron chi connectivity index (χ3n) is 1.56. The van der Waals surface area contributed by atoms with Crippen molar-refractivity contribution in [3.05, 3.63) is 20.2 Å². The van der Waals surface area contributed by atoms with Gasteiger partial charge in [0.1, 0.15) is 0 Å². The van der Waals surface area contributed by atoms with Crippen LogP contribution in [0.2, 0.25) is 7.96 Å². The molecule has 0 aliphatic heterocycles. The molecule has 0 unspecified atom stereocenters. The van der Waals surface area contributed by atoms with Crippen LogP contribution in [0.3, 0.4) is 0 Å². The Kier molecular flexibility index (Phi) is 4.87. The fourth-order valence-electron chi connectivity index (χ4n) is 0.797. The summed E-state index contributed by atoms with van der Waals surface area (Å²) >= 11 is -4.17. The molecule has 0 atom stereocenters. The summed E-state index contributed by atoms with van der Waals surface area (Å²) in [4.78, 5) is 20.1. The standard InChI is InChI=1S/2C2H5.2NO3.Pb/c2*1-2;2*2-1(3)4;/h2*1H2,2H3;;;/q;;2*-1;+2. The zero-order chi connectivity index (χ0) is 10.5. The molecule has 0 heterocycles. The molecule has 0 aromatic carbocycles. The first-order valence-corrected chi connectivity index (χ1v) is 12.3. The normalized spacial score (nSPS) is 10.6. The van der Waals surface area contributed by atoms with Gasteiger partial charge in [-0.25, -0.2) is 0 Å². The second-order valence-electron chi connectivity index (χ2n) is 2.25. The maximum absolute atomic E-state index is 10.1. The van der Waals surface area contributed by atoms with Crippen molar-refractivity contribution in [1.82, 2.24) is 0 Å². The van der Waals surface area contributed by atoms with Gasteiger partial charge < -0.3 is 0 Å². The Morgan fingerprint density at radius 1 is 1.08 bits per heavy atom. The molecule has 0 fully saturated rings. The van der Waals surface area contributed by atoms with Crippen LogP contribution >= 0.6 is 0 Å². The molecule has 0 aliphatic rings. The third-order valence-corrected chi connectivity index (χ3v) is 13.7. The molecular formula is C4H10N2O6Pb. The Morgan fingerprint density at radius 3 is 1.54 bits per heavy atom. The fraction of sp³-hybridized carbons (Fsp3) is 1.00. The van der Waals surface area contributed by atoms with Crippen LogP contribution in [0, 0.1) is 20.2 Å². The van der Waals surface area contributed by atoms with Crippen LogP contribution < -0.4 is 0 Å². The SMILES string of the molecule is C[CH2][Pb]([CH2]C)([O][N+](=O)[O-])[O][N+](=O)[O-]. The summed E-state index contributed by atoms with van der Waals surface area (Å²) in [5.41, 5.74) is 0. The van der Waals surface area contributed by atoms with E-state index >= 15 is 0 Å². The van der Waals surface area contributed by atoms with Gasteiger partial charge in [-0.2, -0.15) is 0 Å². The zero-order valence-corrected chi connectivity index (χ0v) is 11.1. The van der Waals surface area contributed by atoms with Crippen molar-refractivity contribution in [2.45, 2.75) is 21.8 Å². The summed E-state index contributed by atoms with van der Waals surface area (Å²) in [6, 6.07) is 0. The van der Waals surface area contributed by atoms with E-state index in [1.54, 1.807) is 13.8 Å². The van der Waals surface area contributed by atoms with Crippen molar-refractivity contribution in [3.63, 3.8) is 0 Å². The second-order valence-corrected chi connectivity index (χ2v) is 16.2. The first-order chi connectivity index (χ1) is 5.95. The Bertz CT molecular complexity index is 187. The van der Waals surface area contributed by atoms with Gasteiger partial charge in [0.15, 0.2) is 0 Å². The summed E-state index contributed by atoms with van der Waals surface area (Å²) in [6.45, 7) is 3.19. The van der Waals surface area contributed by atoms with Gasteiger partial charge in [-0.3, -0.25) is 0 Å². The van der Waals surface area contributed by atoms with E-state index in [1.807, 2.05) is 0 Å². The van der Waals surface area contributed by atoms with Gasteiger partial charge in [0, 0.05) is 0 Å². The molecule has 0 amide bonds. The molecule has 13 heavy (non-hydrogen) atoms. The van der Waals surface area contributed by atoms with Crippen LogP contribution in [0.25, 0.3) is 0 Å². The van der Waals surface area contributed by atoms with Crippen molar-refractivity contribution in [1.29, 1.82) is 0 Å². The van der Waals surface area contributed by atoms with E-state index < -0.39 is 32.3 Å². The fourth-order valence-corrected chi connectivity index (χ4v) is 6.99. The molecule has 0 N–H and O–H groups in total. The summed E-state index contributed by atoms with van der Waals surface area (Å²) in [5, 5.41) is 18.1. The van der Waals surface area contributed by atoms with Gasteiger partial charge in [0.2, 0.25) is 0 Å². The number of hydrogen-bond acceptors (Lipinski definition) is 6. The van der Waals surface area contributed by atoms with Crippen molar-refractivity contribution < 1.29 is 15.7 Å². The third kappa shape index (κ3) is 4.19. The van der Waals surface area contributed by atoms with Crippen LogP contribution in [0.1, 0.15) is 13.8 Å². The monoisotopic (exact) mass is 390 g/mol. The molecule has 0 aliphatic carbocycles. The average Bonchev–Trinajstić information content (AvgIpc) is 2.01. The Labute approximate surface area is 80.0 Å². The minimum absolute atomic E-state index is 0.242. The zero-order valence-electron chi connectivity index (χ0n) is 7.26. The number of hydrogen-bond donors (Lipinski definition) is 0. The van der Waals surface area contributed by atoms with E-state index in [1.165, 1.54) is 0 Å². The molecule has 0 rings (SSSR count). The van der Waals surface area contributed by atoms with Crippen molar-refractivity contribution in [3.8, 4) is 0 Å². The van der Waals surface area contributed by atoms with Gasteiger partial charge in [-0.15, -0.1) is 0 Å². The summed E-state index contributed by atoms with van der Waals surface area (Å²) in [5.74, 6) is 0. The Hall–Kier alpha value is -0.678. The van der Waals surface area contributed by atoms with Crippen LogP contribution in [-0.2, 0) is 5.58 Å². The summed E-state index contributed by atoms with van der Waals surface area (Å²) < 4.78 is 9.14. The molecule has 76 valence electrons. The number of rotatable bonds is 6. The van der Waals surface area contributed by atoms with Crippen molar-refractivity contribution >= 4 is 22.1 Å². The van der Waals surface area contributed by atoms with Gasteiger partial charge in [0.25, 0.3) is 0 Å². The molecule has 0 aromatic rings. The van der Waals surface area contributed by atoms with E-state index in [9.17, 15) is 20.2 Å². The molecule has 0 saturated carbocycles. The van der Waals surface area contributed by atoms with Gasteiger partial charge in [-0.1, -0.05) is 0 Å². The first-order valence-electron chi connectivity index (χ1n) is 3.63. The van der Waals surface area contributed by atoms with E-state index in [2.05, 4.69) is 5.58 Å². The molecule has 0 bridgehead atoms. The molecule has 8 nitrogen and oxygen atoms in total. The molecule has 0 spiro atoms. The van der Waals surface area contributed by atoms with Gasteiger partial charge in [-0.05, 0) is 0 Å². The van der Waals surface area contributed by atoms with Crippen LogP contribution in [-0.4, -0.2) is 32.3 Å². The predicted molar refractivity (Wildman–Crippen MR) is 42.9 cm³/mol. The van der Waals surface area contributed by atoms with Crippen molar-refractivity contribution in [2.24, 2.45) is 0 Å². The topological polar surface area (TPSA) is 105 Å². The number of nitrogens with zero attached hydrogens (tertiary/aromatic N) is 2. The molecule has 0 radical (unpaired) electrons. The minimum atomic E-state index is -4.17. The molecule has 0 saturated heterocycles. The van der Waals surface area contributed by atoms with E-state index in [4.69, 9.17) is 0 Å². The maximum atomic E-state index is 10.1. The summed E-state index contributed by atoms with van der Waals surface area (Å²) in [7, 11) is 0. The van der Waals surface area contributed by atoms with E-state index in [-0.39, 0.29) is 7.96 Å². The van der Waals surface area contributed by atoms with Crippen LogP contribution in [0.4, 0.5) is 0 Å². The summed E-state index contributed by atoms with van der Waals surface area (Å²) in [6.07, 6.45) is 0. The molecule has 0 aromatic heterocycles. The van der Waals surface area contributed by atoms with Crippen LogP contribution in [0.15, 0.2) is 0 Å². The molecular weight excluding hydrogens is 379 g/mol. The van der Waals surface area contributed by atoms with E-state index in [0.717, 1.165) is 0 Å². The first kappa shape index (κ1) is 12.3. The average molecular weight is 389 g/mol.